The Morgan fingerprint density at radius 3 is 2.27 bits per heavy atom. The zero-order chi connectivity index (χ0) is 19.1. The molecule has 144 valence electrons. The van der Waals surface area contributed by atoms with E-state index in [0.717, 1.165) is 5.56 Å². The molecule has 8 heteroatoms. The molecule has 26 heavy (non-hydrogen) atoms. The van der Waals surface area contributed by atoms with Crippen LogP contribution >= 0.6 is 0 Å². The summed E-state index contributed by atoms with van der Waals surface area (Å²) >= 11 is 0. The molecule has 1 aliphatic rings. The van der Waals surface area contributed by atoms with E-state index in [1.165, 1.54) is 21.0 Å². The molecule has 5 atom stereocenters. The Hall–Kier alpha value is -2.00. The Bertz CT molecular complexity index is 590. The van der Waals surface area contributed by atoms with Crippen LogP contribution in [0.15, 0.2) is 30.3 Å². The number of rotatable bonds is 7. The van der Waals surface area contributed by atoms with E-state index in [1.807, 2.05) is 30.3 Å². The van der Waals surface area contributed by atoms with Crippen molar-refractivity contribution >= 4 is 11.9 Å². The maximum Gasteiger partial charge on any atom is 0.303 e. The minimum Gasteiger partial charge on any atom is -0.455 e. The highest BCUT2D eigenvalue weighted by atomic mass is 16.7. The van der Waals surface area contributed by atoms with E-state index in [2.05, 4.69) is 0 Å². The van der Waals surface area contributed by atoms with Gasteiger partial charge in [0.1, 0.15) is 12.2 Å². The van der Waals surface area contributed by atoms with Gasteiger partial charge in [0.2, 0.25) is 0 Å². The Labute approximate surface area is 151 Å². The van der Waals surface area contributed by atoms with Crippen LogP contribution in [0, 0.1) is 0 Å². The van der Waals surface area contributed by atoms with Gasteiger partial charge in [-0.15, -0.1) is 0 Å². The summed E-state index contributed by atoms with van der Waals surface area (Å²) in [5.74, 6) is -1.23. The van der Waals surface area contributed by atoms with Crippen LogP contribution < -0.4 is 0 Å². The third kappa shape index (κ3) is 5.50. The highest BCUT2D eigenvalue weighted by molar-refractivity contribution is 5.67. The van der Waals surface area contributed by atoms with Crippen LogP contribution in [0.2, 0.25) is 0 Å². The molecular formula is C18H24O8. The minimum atomic E-state index is -1.24. The zero-order valence-electron chi connectivity index (χ0n) is 15.0. The van der Waals surface area contributed by atoms with E-state index in [9.17, 15) is 14.7 Å². The highest BCUT2D eigenvalue weighted by Crippen LogP contribution is 2.27. The summed E-state index contributed by atoms with van der Waals surface area (Å²) in [5, 5.41) is 10.5. The van der Waals surface area contributed by atoms with Crippen LogP contribution in [0.5, 0.6) is 0 Å². The molecule has 0 bridgehead atoms. The molecule has 1 aliphatic heterocycles. The molecule has 1 heterocycles. The normalized spacial score (nSPS) is 28.4. The van der Waals surface area contributed by atoms with Crippen molar-refractivity contribution in [1.29, 1.82) is 0 Å². The van der Waals surface area contributed by atoms with Crippen LogP contribution in [-0.2, 0) is 39.9 Å². The number of hydrogen-bond donors (Lipinski definition) is 1. The molecule has 0 aliphatic carbocycles. The van der Waals surface area contributed by atoms with E-state index in [-0.39, 0.29) is 6.61 Å². The molecule has 8 nitrogen and oxygen atoms in total. The van der Waals surface area contributed by atoms with Crippen molar-refractivity contribution in [3.05, 3.63) is 35.9 Å². The van der Waals surface area contributed by atoms with Crippen molar-refractivity contribution in [2.75, 3.05) is 13.7 Å². The van der Waals surface area contributed by atoms with E-state index >= 15 is 0 Å². The molecule has 0 aromatic heterocycles. The summed E-state index contributed by atoms with van der Waals surface area (Å²) in [6.45, 7) is 2.78. The smallest absolute Gasteiger partial charge is 0.303 e. The van der Waals surface area contributed by atoms with Gasteiger partial charge in [0.05, 0.1) is 13.2 Å². The second kappa shape index (κ2) is 9.63. The van der Waals surface area contributed by atoms with Crippen molar-refractivity contribution in [3.8, 4) is 0 Å². The fourth-order valence-corrected chi connectivity index (χ4v) is 2.73. The van der Waals surface area contributed by atoms with E-state index in [0.29, 0.717) is 6.61 Å². The monoisotopic (exact) mass is 368 g/mol. The fourth-order valence-electron chi connectivity index (χ4n) is 2.73. The lowest BCUT2D eigenvalue weighted by molar-refractivity contribution is -0.302. The molecule has 1 saturated heterocycles. The predicted octanol–water partition coefficient (Wildman–Crippen LogP) is 0.799. The average Bonchev–Trinajstić information content (AvgIpc) is 2.60. The molecule has 1 aromatic rings. The van der Waals surface area contributed by atoms with Gasteiger partial charge in [0.15, 0.2) is 18.5 Å². The van der Waals surface area contributed by atoms with Crippen molar-refractivity contribution in [3.63, 3.8) is 0 Å². The highest BCUT2D eigenvalue weighted by Gasteiger charge is 2.49. The first-order valence-electron chi connectivity index (χ1n) is 8.24. The third-order valence-electron chi connectivity index (χ3n) is 3.85. The first-order valence-corrected chi connectivity index (χ1v) is 8.24. The number of aliphatic hydroxyl groups is 1. The number of benzene rings is 1. The lowest BCUT2D eigenvalue weighted by atomic mass is 9.98. The lowest BCUT2D eigenvalue weighted by Crippen LogP contribution is -2.61. The average molecular weight is 368 g/mol. The molecule has 0 saturated carbocycles. The number of esters is 2. The molecule has 0 unspecified atom stereocenters. The largest absolute Gasteiger partial charge is 0.455 e. The lowest BCUT2D eigenvalue weighted by Gasteiger charge is -2.42. The molecule has 2 rings (SSSR count). The second-order valence-corrected chi connectivity index (χ2v) is 5.92. The molecule has 0 radical (unpaired) electrons. The second-order valence-electron chi connectivity index (χ2n) is 5.92. The van der Waals surface area contributed by atoms with Crippen molar-refractivity contribution in [2.45, 2.75) is 51.2 Å². The zero-order valence-corrected chi connectivity index (χ0v) is 15.0. The molecule has 1 aromatic carbocycles. The van der Waals surface area contributed by atoms with Crippen LogP contribution in [0.4, 0.5) is 0 Å². The van der Waals surface area contributed by atoms with Crippen LogP contribution in [0.3, 0.4) is 0 Å². The van der Waals surface area contributed by atoms with Crippen molar-refractivity contribution in [1.82, 2.24) is 0 Å². The standard InChI is InChI=1S/C18H24O8/c1-11(19)24-16-15(21)14(10-23-9-13-7-5-4-6-8-13)26-18(22-3)17(16)25-12(2)20/h4-8,14-18,21H,9-10H2,1-3H3/t14-,15-,16+,17-,18+/m1/s1. The summed E-state index contributed by atoms with van der Waals surface area (Å²) in [6.07, 6.45) is -5.27. The van der Waals surface area contributed by atoms with Gasteiger partial charge in [-0.05, 0) is 5.56 Å². The quantitative estimate of drug-likeness (QED) is 0.706. The number of carbonyl (C=O) groups is 2. The van der Waals surface area contributed by atoms with Crippen LogP contribution in [0.25, 0.3) is 0 Å². The van der Waals surface area contributed by atoms with Gasteiger partial charge in [0.25, 0.3) is 0 Å². The molecule has 0 spiro atoms. The van der Waals surface area contributed by atoms with Crippen molar-refractivity contribution in [2.24, 2.45) is 0 Å². The fraction of sp³-hybridized carbons (Fsp3) is 0.556. The third-order valence-corrected chi connectivity index (χ3v) is 3.85. The molecule has 1 N–H and O–H groups in total. The first kappa shape index (κ1) is 20.3. The minimum absolute atomic E-state index is 0.0421. The van der Waals surface area contributed by atoms with Gasteiger partial charge in [0, 0.05) is 21.0 Å². The summed E-state index contributed by atoms with van der Waals surface area (Å²) in [6, 6.07) is 9.51. The Balaban J connectivity index is 2.05. The first-order chi connectivity index (χ1) is 12.4. The van der Waals surface area contributed by atoms with Gasteiger partial charge in [-0.1, -0.05) is 30.3 Å². The summed E-state index contributed by atoms with van der Waals surface area (Å²) in [5.41, 5.74) is 0.968. The van der Waals surface area contributed by atoms with Crippen molar-refractivity contribution < 1.29 is 38.4 Å². The predicted molar refractivity (Wildman–Crippen MR) is 88.9 cm³/mol. The van der Waals surface area contributed by atoms with Gasteiger partial charge in [-0.25, -0.2) is 0 Å². The number of carbonyl (C=O) groups excluding carboxylic acids is 2. The Morgan fingerprint density at radius 1 is 1.08 bits per heavy atom. The van der Waals surface area contributed by atoms with E-state index < -0.39 is 42.6 Å². The summed E-state index contributed by atoms with van der Waals surface area (Å²) in [7, 11) is 1.37. The van der Waals surface area contributed by atoms with E-state index in [4.69, 9.17) is 23.7 Å². The van der Waals surface area contributed by atoms with Gasteiger partial charge < -0.3 is 28.8 Å². The number of ether oxygens (including phenoxy) is 5. The van der Waals surface area contributed by atoms with Gasteiger partial charge in [-0.2, -0.15) is 0 Å². The number of hydrogen-bond acceptors (Lipinski definition) is 8. The maximum atomic E-state index is 11.4. The van der Waals surface area contributed by atoms with Gasteiger partial charge >= 0.3 is 11.9 Å². The van der Waals surface area contributed by atoms with Crippen LogP contribution in [-0.4, -0.2) is 61.5 Å². The molecular weight excluding hydrogens is 344 g/mol. The number of aliphatic hydroxyl groups excluding tert-OH is 1. The molecule has 1 fully saturated rings. The Kier molecular flexibility index (Phi) is 7.52. The summed E-state index contributed by atoms with van der Waals surface area (Å²) < 4.78 is 26.7. The van der Waals surface area contributed by atoms with E-state index in [1.54, 1.807) is 0 Å². The summed E-state index contributed by atoms with van der Waals surface area (Å²) in [4.78, 5) is 22.7. The maximum absolute atomic E-state index is 11.4. The van der Waals surface area contributed by atoms with Crippen LogP contribution in [0.1, 0.15) is 19.4 Å². The SMILES string of the molecule is CO[C@H]1O[C@H](COCc2ccccc2)[C@@H](O)[C@H](OC(C)=O)[C@H]1OC(C)=O. The Morgan fingerprint density at radius 2 is 1.69 bits per heavy atom. The molecule has 0 amide bonds. The topological polar surface area (TPSA) is 101 Å². The number of methoxy groups -OCH3 is 1. The van der Waals surface area contributed by atoms with Gasteiger partial charge in [-0.3, -0.25) is 9.59 Å².